The van der Waals surface area contributed by atoms with Crippen molar-refractivity contribution in [1.82, 2.24) is 4.98 Å². The SMILES string of the molecule is Cc1ccc2oc(Cc3ccc(NC(=O)COc4ccc(Cl)cc4)cc3)nc2c1. The summed E-state index contributed by atoms with van der Waals surface area (Å²) in [5, 5.41) is 3.43. The van der Waals surface area contributed by atoms with Crippen molar-refractivity contribution in [3.63, 3.8) is 0 Å². The number of hydrogen-bond donors (Lipinski definition) is 1. The highest BCUT2D eigenvalue weighted by Gasteiger charge is 2.08. The highest BCUT2D eigenvalue weighted by molar-refractivity contribution is 6.30. The van der Waals surface area contributed by atoms with Gasteiger partial charge in [0.1, 0.15) is 11.3 Å². The number of nitrogens with one attached hydrogen (secondary N) is 1. The maximum atomic E-state index is 12.1. The van der Waals surface area contributed by atoms with Gasteiger partial charge in [0, 0.05) is 17.1 Å². The predicted octanol–water partition coefficient (Wildman–Crippen LogP) is 5.40. The predicted molar refractivity (Wildman–Crippen MR) is 114 cm³/mol. The lowest BCUT2D eigenvalue weighted by molar-refractivity contribution is -0.118. The highest BCUT2D eigenvalue weighted by Crippen LogP contribution is 2.20. The molecule has 1 N–H and O–H groups in total. The van der Waals surface area contributed by atoms with Gasteiger partial charge in [-0.25, -0.2) is 4.98 Å². The number of benzene rings is 3. The van der Waals surface area contributed by atoms with Gasteiger partial charge >= 0.3 is 0 Å². The van der Waals surface area contributed by atoms with Crippen LogP contribution in [-0.4, -0.2) is 17.5 Å². The zero-order valence-corrected chi connectivity index (χ0v) is 16.6. The number of aryl methyl sites for hydroxylation is 1. The summed E-state index contributed by atoms with van der Waals surface area (Å²) >= 11 is 5.83. The number of carbonyl (C=O) groups is 1. The van der Waals surface area contributed by atoms with Crippen LogP contribution in [-0.2, 0) is 11.2 Å². The summed E-state index contributed by atoms with van der Waals surface area (Å²) in [5.41, 5.74) is 4.55. The number of hydrogen-bond acceptors (Lipinski definition) is 4. The van der Waals surface area contributed by atoms with Gasteiger partial charge in [0.2, 0.25) is 0 Å². The molecule has 0 bridgehead atoms. The Hall–Kier alpha value is -3.31. The van der Waals surface area contributed by atoms with Crippen LogP contribution in [0.5, 0.6) is 5.75 Å². The lowest BCUT2D eigenvalue weighted by atomic mass is 10.1. The fourth-order valence-electron chi connectivity index (χ4n) is 2.92. The molecule has 0 aliphatic carbocycles. The molecular weight excluding hydrogens is 388 g/mol. The fourth-order valence-corrected chi connectivity index (χ4v) is 3.04. The molecule has 0 fully saturated rings. The van der Waals surface area contributed by atoms with Gasteiger partial charge in [-0.05, 0) is 66.6 Å². The summed E-state index contributed by atoms with van der Waals surface area (Å²) < 4.78 is 11.2. The first kappa shape index (κ1) is 19.0. The van der Waals surface area contributed by atoms with Crippen LogP contribution in [0, 0.1) is 6.92 Å². The Morgan fingerprint density at radius 1 is 1.07 bits per heavy atom. The third kappa shape index (κ3) is 4.95. The Morgan fingerprint density at radius 3 is 2.59 bits per heavy atom. The van der Waals surface area contributed by atoms with E-state index >= 15 is 0 Å². The van der Waals surface area contributed by atoms with Crippen molar-refractivity contribution in [3.8, 4) is 5.75 Å². The lowest BCUT2D eigenvalue weighted by Gasteiger charge is -2.08. The molecular formula is C23H19ClN2O3. The number of oxazole rings is 1. The molecule has 0 saturated heterocycles. The van der Waals surface area contributed by atoms with Gasteiger partial charge in [0.15, 0.2) is 18.1 Å². The second-order valence-corrected chi connectivity index (χ2v) is 7.18. The highest BCUT2D eigenvalue weighted by atomic mass is 35.5. The molecule has 1 heterocycles. The van der Waals surface area contributed by atoms with Crippen LogP contribution in [0.1, 0.15) is 17.0 Å². The van der Waals surface area contributed by atoms with E-state index in [0.29, 0.717) is 28.8 Å². The van der Waals surface area contributed by atoms with Crippen molar-refractivity contribution < 1.29 is 13.9 Å². The molecule has 0 saturated carbocycles. The van der Waals surface area contributed by atoms with E-state index in [2.05, 4.69) is 10.3 Å². The number of fused-ring (bicyclic) bond motifs is 1. The second kappa shape index (κ2) is 8.37. The molecule has 5 nitrogen and oxygen atoms in total. The molecule has 0 radical (unpaired) electrons. The molecule has 0 aliphatic heterocycles. The van der Waals surface area contributed by atoms with Crippen LogP contribution < -0.4 is 10.1 Å². The second-order valence-electron chi connectivity index (χ2n) is 6.74. The van der Waals surface area contributed by atoms with Crippen molar-refractivity contribution in [2.45, 2.75) is 13.3 Å². The van der Waals surface area contributed by atoms with E-state index in [1.54, 1.807) is 24.3 Å². The monoisotopic (exact) mass is 406 g/mol. The summed E-state index contributed by atoms with van der Waals surface area (Å²) in [5.74, 6) is 1.02. The zero-order chi connectivity index (χ0) is 20.2. The van der Waals surface area contributed by atoms with Crippen molar-refractivity contribution in [2.24, 2.45) is 0 Å². The first-order chi connectivity index (χ1) is 14.0. The van der Waals surface area contributed by atoms with Crippen LogP contribution >= 0.6 is 11.6 Å². The van der Waals surface area contributed by atoms with Crippen molar-refractivity contribution >= 4 is 34.3 Å². The Kier molecular flexibility index (Phi) is 5.49. The first-order valence-corrected chi connectivity index (χ1v) is 9.56. The van der Waals surface area contributed by atoms with Gasteiger partial charge in [0.05, 0.1) is 0 Å². The minimum atomic E-state index is -0.234. The molecule has 1 amide bonds. The van der Waals surface area contributed by atoms with Crippen LogP contribution in [0.25, 0.3) is 11.1 Å². The quantitative estimate of drug-likeness (QED) is 0.465. The zero-order valence-electron chi connectivity index (χ0n) is 15.8. The molecule has 0 atom stereocenters. The van der Waals surface area contributed by atoms with Gasteiger partial charge in [-0.2, -0.15) is 0 Å². The topological polar surface area (TPSA) is 64.4 Å². The standard InChI is InChI=1S/C23H19ClN2O3/c1-15-2-11-21-20(12-15)26-23(29-21)13-16-3-7-18(8-4-16)25-22(27)14-28-19-9-5-17(24)6-10-19/h2-12H,13-14H2,1H3,(H,25,27). The number of nitrogens with zero attached hydrogens (tertiary/aromatic N) is 1. The van der Waals surface area contributed by atoms with E-state index in [9.17, 15) is 4.79 Å². The number of aromatic nitrogens is 1. The van der Waals surface area contributed by atoms with Gasteiger partial charge in [-0.1, -0.05) is 29.8 Å². The molecule has 1 aromatic heterocycles. The van der Waals surface area contributed by atoms with E-state index in [4.69, 9.17) is 20.8 Å². The van der Waals surface area contributed by atoms with Gasteiger partial charge in [0.25, 0.3) is 5.91 Å². The molecule has 3 aromatic carbocycles. The Balaban J connectivity index is 1.33. The Labute approximate surface area is 173 Å². The first-order valence-electron chi connectivity index (χ1n) is 9.18. The largest absolute Gasteiger partial charge is 0.484 e. The number of carbonyl (C=O) groups excluding carboxylic acids is 1. The Morgan fingerprint density at radius 2 is 1.83 bits per heavy atom. The molecule has 0 aliphatic rings. The summed E-state index contributed by atoms with van der Waals surface area (Å²) in [6.45, 7) is 1.95. The van der Waals surface area contributed by atoms with Gasteiger partial charge < -0.3 is 14.5 Å². The number of rotatable bonds is 6. The maximum absolute atomic E-state index is 12.1. The van der Waals surface area contributed by atoms with Crippen LogP contribution in [0.3, 0.4) is 0 Å². The number of halogens is 1. The van der Waals surface area contributed by atoms with E-state index in [0.717, 1.165) is 22.2 Å². The van der Waals surface area contributed by atoms with E-state index in [1.807, 2.05) is 49.4 Å². The normalized spacial score (nSPS) is 10.8. The third-order valence-corrected chi connectivity index (χ3v) is 4.62. The fraction of sp³-hybridized carbons (Fsp3) is 0.130. The van der Waals surface area contributed by atoms with E-state index in [1.165, 1.54) is 0 Å². The molecule has 4 aromatic rings. The summed E-state index contributed by atoms with van der Waals surface area (Å²) in [4.78, 5) is 16.6. The molecule has 4 rings (SSSR count). The number of ether oxygens (including phenoxy) is 1. The molecule has 146 valence electrons. The van der Waals surface area contributed by atoms with Crippen LogP contribution in [0.15, 0.2) is 71.1 Å². The average molecular weight is 407 g/mol. The number of anilines is 1. The summed E-state index contributed by atoms with van der Waals surface area (Å²) in [6, 6.07) is 20.4. The van der Waals surface area contributed by atoms with Crippen molar-refractivity contribution in [2.75, 3.05) is 11.9 Å². The van der Waals surface area contributed by atoms with Gasteiger partial charge in [-0.3, -0.25) is 4.79 Å². The van der Waals surface area contributed by atoms with E-state index in [-0.39, 0.29) is 12.5 Å². The van der Waals surface area contributed by atoms with Crippen molar-refractivity contribution in [1.29, 1.82) is 0 Å². The summed E-state index contributed by atoms with van der Waals surface area (Å²) in [6.07, 6.45) is 0.585. The molecule has 6 heteroatoms. The third-order valence-electron chi connectivity index (χ3n) is 4.36. The van der Waals surface area contributed by atoms with Gasteiger partial charge in [-0.15, -0.1) is 0 Å². The minimum Gasteiger partial charge on any atom is -0.484 e. The van der Waals surface area contributed by atoms with E-state index < -0.39 is 0 Å². The van der Waals surface area contributed by atoms with Crippen LogP contribution in [0.2, 0.25) is 5.02 Å². The Bertz CT molecular complexity index is 1140. The molecule has 29 heavy (non-hydrogen) atoms. The number of amides is 1. The average Bonchev–Trinajstić information content (AvgIpc) is 3.10. The molecule has 0 spiro atoms. The lowest BCUT2D eigenvalue weighted by Crippen LogP contribution is -2.20. The maximum Gasteiger partial charge on any atom is 0.262 e. The van der Waals surface area contributed by atoms with Crippen LogP contribution in [0.4, 0.5) is 5.69 Å². The minimum absolute atomic E-state index is 0.0777. The summed E-state index contributed by atoms with van der Waals surface area (Å²) in [7, 11) is 0. The smallest absolute Gasteiger partial charge is 0.262 e. The molecule has 0 unspecified atom stereocenters. The van der Waals surface area contributed by atoms with Crippen molar-refractivity contribution in [3.05, 3.63) is 88.8 Å².